The van der Waals surface area contributed by atoms with E-state index in [0.717, 1.165) is 45.4 Å². The summed E-state index contributed by atoms with van der Waals surface area (Å²) in [6, 6.07) is 0. The molecule has 0 spiro atoms. The highest BCUT2D eigenvalue weighted by Crippen LogP contribution is 2.26. The van der Waals surface area contributed by atoms with Gasteiger partial charge in [0, 0.05) is 25.6 Å². The normalized spacial score (nSPS) is 29.1. The Kier molecular flexibility index (Phi) is 5.68. The minimum Gasteiger partial charge on any atom is -0.376 e. The summed E-state index contributed by atoms with van der Waals surface area (Å²) in [5, 5.41) is 0. The van der Waals surface area contributed by atoms with Gasteiger partial charge in [0.15, 0.2) is 6.29 Å². The zero-order valence-corrected chi connectivity index (χ0v) is 13.4. The number of carbonyl (C=O) groups is 1. The van der Waals surface area contributed by atoms with Crippen molar-refractivity contribution in [2.24, 2.45) is 5.92 Å². The van der Waals surface area contributed by atoms with Gasteiger partial charge in [-0.3, -0.25) is 4.79 Å². The zero-order valence-electron chi connectivity index (χ0n) is 13.4. The fourth-order valence-corrected chi connectivity index (χ4v) is 3.40. The van der Waals surface area contributed by atoms with Crippen LogP contribution in [0, 0.1) is 5.92 Å². The molecule has 3 aliphatic heterocycles. The van der Waals surface area contributed by atoms with E-state index in [1.54, 1.807) is 0 Å². The monoisotopic (exact) mass is 313 g/mol. The lowest BCUT2D eigenvalue weighted by atomic mass is 9.96. The third-order valence-electron chi connectivity index (χ3n) is 4.79. The first-order chi connectivity index (χ1) is 10.7. The van der Waals surface area contributed by atoms with E-state index in [0.29, 0.717) is 25.7 Å². The molecule has 0 N–H and O–H groups in total. The average Bonchev–Trinajstić information content (AvgIpc) is 3.25. The number of likely N-dealkylation sites (tertiary alicyclic amines) is 1. The van der Waals surface area contributed by atoms with E-state index < -0.39 is 0 Å². The fourth-order valence-electron chi connectivity index (χ4n) is 3.40. The van der Waals surface area contributed by atoms with Gasteiger partial charge < -0.3 is 23.8 Å². The van der Waals surface area contributed by atoms with Gasteiger partial charge in [-0.05, 0) is 32.6 Å². The molecule has 2 atom stereocenters. The molecule has 0 aromatic rings. The maximum atomic E-state index is 12.4. The second kappa shape index (κ2) is 7.73. The number of amides is 1. The first-order valence-corrected chi connectivity index (χ1v) is 8.49. The van der Waals surface area contributed by atoms with E-state index >= 15 is 0 Å². The van der Waals surface area contributed by atoms with E-state index in [9.17, 15) is 4.79 Å². The fraction of sp³-hybridized carbons (Fsp3) is 0.938. The molecule has 0 aliphatic carbocycles. The molecule has 6 nitrogen and oxygen atoms in total. The molecule has 3 aliphatic rings. The van der Waals surface area contributed by atoms with Crippen LogP contribution in [0.4, 0.5) is 0 Å². The third kappa shape index (κ3) is 3.98. The Balaban J connectivity index is 1.38. The van der Waals surface area contributed by atoms with Crippen LogP contribution in [0.5, 0.6) is 0 Å². The van der Waals surface area contributed by atoms with E-state index in [2.05, 4.69) is 0 Å². The number of hydrogen-bond acceptors (Lipinski definition) is 5. The molecule has 126 valence electrons. The number of hydrogen-bond donors (Lipinski definition) is 0. The van der Waals surface area contributed by atoms with Crippen molar-refractivity contribution in [3.63, 3.8) is 0 Å². The Bertz CT molecular complexity index is 358. The van der Waals surface area contributed by atoms with Gasteiger partial charge in [0.25, 0.3) is 5.91 Å². The van der Waals surface area contributed by atoms with Crippen LogP contribution in [0.25, 0.3) is 0 Å². The molecule has 0 bridgehead atoms. The minimum atomic E-state index is -0.389. The highest BCUT2D eigenvalue weighted by Gasteiger charge is 2.33. The average molecular weight is 313 g/mol. The molecule has 22 heavy (non-hydrogen) atoms. The Hall–Kier alpha value is -0.690. The molecular formula is C16H27NO5. The number of carbonyl (C=O) groups excluding carboxylic acids is 1. The first-order valence-electron chi connectivity index (χ1n) is 8.49. The largest absolute Gasteiger partial charge is 0.376 e. The summed E-state index contributed by atoms with van der Waals surface area (Å²) in [5.41, 5.74) is 0. The predicted molar refractivity (Wildman–Crippen MR) is 79.4 cm³/mol. The smallest absolute Gasteiger partial charge is 0.251 e. The van der Waals surface area contributed by atoms with Gasteiger partial charge in [0.2, 0.25) is 0 Å². The summed E-state index contributed by atoms with van der Waals surface area (Å²) in [6.45, 7) is 6.09. The molecule has 3 rings (SSSR count). The molecule has 3 saturated heterocycles. The Morgan fingerprint density at radius 1 is 1.14 bits per heavy atom. The number of piperidine rings is 1. The van der Waals surface area contributed by atoms with Crippen LogP contribution in [0.15, 0.2) is 0 Å². The topological polar surface area (TPSA) is 57.2 Å². The summed E-state index contributed by atoms with van der Waals surface area (Å²) in [6.07, 6.45) is 3.72. The van der Waals surface area contributed by atoms with Crippen molar-refractivity contribution >= 4 is 5.91 Å². The molecule has 0 saturated carbocycles. The van der Waals surface area contributed by atoms with E-state index in [1.807, 2.05) is 11.8 Å². The standard InChI is InChI=1S/C16H27NO5/c1-12(22-11-14-3-2-8-19-14)15(18)17-6-4-13(5-7-17)16-20-9-10-21-16/h12-14,16H,2-11H2,1H3. The summed E-state index contributed by atoms with van der Waals surface area (Å²) >= 11 is 0. The lowest BCUT2D eigenvalue weighted by molar-refractivity contribution is -0.149. The quantitative estimate of drug-likeness (QED) is 0.763. The second-order valence-electron chi connectivity index (χ2n) is 6.38. The summed E-state index contributed by atoms with van der Waals surface area (Å²) < 4.78 is 22.4. The van der Waals surface area contributed by atoms with Gasteiger partial charge in [-0.2, -0.15) is 0 Å². The van der Waals surface area contributed by atoms with Crippen molar-refractivity contribution in [1.29, 1.82) is 0 Å². The van der Waals surface area contributed by atoms with Gasteiger partial charge in [-0.25, -0.2) is 0 Å². The summed E-state index contributed by atoms with van der Waals surface area (Å²) in [7, 11) is 0. The van der Waals surface area contributed by atoms with Crippen LogP contribution in [0.2, 0.25) is 0 Å². The second-order valence-corrected chi connectivity index (χ2v) is 6.38. The van der Waals surface area contributed by atoms with E-state index in [-0.39, 0.29) is 24.4 Å². The maximum absolute atomic E-state index is 12.4. The van der Waals surface area contributed by atoms with Gasteiger partial charge in [0.05, 0.1) is 25.9 Å². The summed E-state index contributed by atoms with van der Waals surface area (Å²) in [5.74, 6) is 0.499. The zero-order chi connectivity index (χ0) is 15.4. The van der Waals surface area contributed by atoms with Crippen LogP contribution in [-0.4, -0.2) is 68.8 Å². The number of rotatable bonds is 5. The molecular weight excluding hydrogens is 286 g/mol. The van der Waals surface area contributed by atoms with Crippen LogP contribution < -0.4 is 0 Å². The number of ether oxygens (including phenoxy) is 4. The summed E-state index contributed by atoms with van der Waals surface area (Å²) in [4.78, 5) is 14.3. The highest BCUT2D eigenvalue weighted by molar-refractivity contribution is 5.80. The molecule has 0 radical (unpaired) electrons. The Morgan fingerprint density at radius 2 is 1.86 bits per heavy atom. The molecule has 3 fully saturated rings. The van der Waals surface area contributed by atoms with Crippen molar-refractivity contribution in [2.75, 3.05) is 39.5 Å². The Morgan fingerprint density at radius 3 is 2.50 bits per heavy atom. The number of nitrogens with zero attached hydrogens (tertiary/aromatic N) is 1. The van der Waals surface area contributed by atoms with E-state index in [1.165, 1.54) is 0 Å². The van der Waals surface area contributed by atoms with Gasteiger partial charge in [0.1, 0.15) is 6.10 Å². The lowest BCUT2D eigenvalue weighted by Crippen LogP contribution is -2.46. The van der Waals surface area contributed by atoms with E-state index in [4.69, 9.17) is 18.9 Å². The van der Waals surface area contributed by atoms with Gasteiger partial charge >= 0.3 is 0 Å². The molecule has 0 aromatic heterocycles. The van der Waals surface area contributed by atoms with Crippen LogP contribution >= 0.6 is 0 Å². The van der Waals surface area contributed by atoms with Crippen molar-refractivity contribution in [3.8, 4) is 0 Å². The third-order valence-corrected chi connectivity index (χ3v) is 4.79. The van der Waals surface area contributed by atoms with Crippen molar-refractivity contribution in [2.45, 2.75) is 51.1 Å². The minimum absolute atomic E-state index is 0.0644. The van der Waals surface area contributed by atoms with Crippen LogP contribution in [0.1, 0.15) is 32.6 Å². The molecule has 3 heterocycles. The van der Waals surface area contributed by atoms with Crippen molar-refractivity contribution in [1.82, 2.24) is 4.90 Å². The molecule has 1 amide bonds. The van der Waals surface area contributed by atoms with Gasteiger partial charge in [-0.1, -0.05) is 0 Å². The van der Waals surface area contributed by atoms with Gasteiger partial charge in [-0.15, -0.1) is 0 Å². The van der Waals surface area contributed by atoms with Crippen molar-refractivity contribution < 1.29 is 23.7 Å². The maximum Gasteiger partial charge on any atom is 0.251 e. The lowest BCUT2D eigenvalue weighted by Gasteiger charge is -2.35. The molecule has 2 unspecified atom stereocenters. The molecule has 6 heteroatoms. The molecule has 0 aromatic carbocycles. The first kappa shape index (κ1) is 16.2. The highest BCUT2D eigenvalue weighted by atomic mass is 16.7. The Labute approximate surface area is 132 Å². The van der Waals surface area contributed by atoms with Crippen LogP contribution in [-0.2, 0) is 23.7 Å². The van der Waals surface area contributed by atoms with Crippen molar-refractivity contribution in [3.05, 3.63) is 0 Å². The van der Waals surface area contributed by atoms with Crippen LogP contribution in [0.3, 0.4) is 0 Å². The predicted octanol–water partition coefficient (Wildman–Crippen LogP) is 1.18. The SMILES string of the molecule is CC(OCC1CCCO1)C(=O)N1CCC(C2OCCO2)CC1.